The molecule has 0 fully saturated rings. The fraction of sp³-hybridized carbons (Fsp3) is 0.615. The molecule has 100 valence electrons. The Labute approximate surface area is 109 Å². The molecule has 1 rings (SSSR count). The van der Waals surface area contributed by atoms with Gasteiger partial charge in [-0.15, -0.1) is 5.54 Å². The van der Waals surface area contributed by atoms with E-state index in [0.717, 1.165) is 0 Å². The molecule has 0 bridgehead atoms. The van der Waals surface area contributed by atoms with Crippen LogP contribution >= 0.6 is 0 Å². The number of carbonyl (C=O) groups is 1. The Morgan fingerprint density at radius 1 is 1.56 bits per heavy atom. The molecule has 1 aliphatic rings. The molecule has 4 nitrogen and oxygen atoms in total. The molecule has 5 heteroatoms. The second kappa shape index (κ2) is 5.27. The fourth-order valence-electron chi connectivity index (χ4n) is 1.75. The highest BCUT2D eigenvalue weighted by molar-refractivity contribution is 6.83. The topological polar surface area (TPSA) is 66.8 Å². The molecule has 0 aromatic rings. The van der Waals surface area contributed by atoms with Gasteiger partial charge < -0.3 is 14.9 Å². The smallest absolute Gasteiger partial charge is 0.333 e. The number of ether oxygens (including phenoxy) is 1. The normalized spacial score (nSPS) is 27.9. The summed E-state index contributed by atoms with van der Waals surface area (Å²) in [4.78, 5) is 11.4. The van der Waals surface area contributed by atoms with Crippen LogP contribution in [0.5, 0.6) is 0 Å². The Bertz CT molecular complexity index is 424. The summed E-state index contributed by atoms with van der Waals surface area (Å²) in [5.41, 5.74) is 2.02. The van der Waals surface area contributed by atoms with Crippen molar-refractivity contribution < 1.29 is 19.7 Å². The third kappa shape index (κ3) is 4.30. The van der Waals surface area contributed by atoms with Crippen LogP contribution in [-0.4, -0.2) is 43.1 Å². The summed E-state index contributed by atoms with van der Waals surface area (Å²) in [6.07, 6.45) is 0.796. The minimum Gasteiger partial charge on any atom is -0.466 e. The predicted molar refractivity (Wildman–Crippen MR) is 71.4 cm³/mol. The van der Waals surface area contributed by atoms with E-state index in [1.807, 2.05) is 0 Å². The lowest BCUT2D eigenvalue weighted by atomic mass is 9.84. The number of hydrogen-bond donors (Lipinski definition) is 2. The SMILES string of the molecule is COC(=O)C1=C[C@@H](O)C[C@](O)(C#C[Si](C)(C)C)C1. The highest BCUT2D eigenvalue weighted by atomic mass is 28.3. The van der Waals surface area contributed by atoms with Gasteiger partial charge in [0.2, 0.25) is 0 Å². The van der Waals surface area contributed by atoms with Gasteiger partial charge in [0.05, 0.1) is 13.2 Å². The fourth-order valence-corrected chi connectivity index (χ4v) is 2.36. The summed E-state index contributed by atoms with van der Waals surface area (Å²) in [6.45, 7) is 6.21. The van der Waals surface area contributed by atoms with Crippen molar-refractivity contribution in [2.24, 2.45) is 0 Å². The molecule has 0 aliphatic heterocycles. The monoisotopic (exact) mass is 268 g/mol. The summed E-state index contributed by atoms with van der Waals surface area (Å²) < 4.78 is 4.61. The zero-order chi connectivity index (χ0) is 14.0. The Morgan fingerprint density at radius 3 is 2.67 bits per heavy atom. The van der Waals surface area contributed by atoms with Crippen LogP contribution in [0.1, 0.15) is 12.8 Å². The van der Waals surface area contributed by atoms with Crippen molar-refractivity contribution in [3.05, 3.63) is 11.6 Å². The van der Waals surface area contributed by atoms with E-state index in [-0.39, 0.29) is 18.4 Å². The Morgan fingerprint density at radius 2 is 2.17 bits per heavy atom. The molecule has 1 aliphatic carbocycles. The van der Waals surface area contributed by atoms with E-state index in [9.17, 15) is 15.0 Å². The minimum absolute atomic E-state index is 0.105. The maximum absolute atomic E-state index is 11.4. The zero-order valence-electron chi connectivity index (χ0n) is 11.3. The van der Waals surface area contributed by atoms with E-state index in [0.29, 0.717) is 0 Å². The van der Waals surface area contributed by atoms with E-state index >= 15 is 0 Å². The first-order valence-electron chi connectivity index (χ1n) is 5.89. The number of esters is 1. The largest absolute Gasteiger partial charge is 0.466 e. The average molecular weight is 268 g/mol. The van der Waals surface area contributed by atoms with Crippen LogP contribution in [0.3, 0.4) is 0 Å². The molecule has 0 radical (unpaired) electrons. The molecule has 0 heterocycles. The Balaban J connectivity index is 2.96. The lowest BCUT2D eigenvalue weighted by molar-refractivity contribution is -0.137. The minimum atomic E-state index is -1.61. The standard InChI is InChI=1S/C13H20O4Si/c1-17-12(15)10-7-11(14)9-13(16,8-10)5-6-18(2,3)4/h7,11,14,16H,8-9H2,1-4H3/t11-,13+/m1/s1. The van der Waals surface area contributed by atoms with Crippen LogP contribution in [0.25, 0.3) is 0 Å². The lowest BCUT2D eigenvalue weighted by Crippen LogP contribution is -2.37. The molecule has 0 amide bonds. The third-order valence-corrected chi connectivity index (χ3v) is 3.42. The number of hydrogen-bond acceptors (Lipinski definition) is 4. The van der Waals surface area contributed by atoms with Crippen LogP contribution in [0.15, 0.2) is 11.6 Å². The molecule has 0 aromatic heterocycles. The first kappa shape index (κ1) is 15.0. The summed E-state index contributed by atoms with van der Waals surface area (Å²) >= 11 is 0. The van der Waals surface area contributed by atoms with E-state index in [2.05, 4.69) is 35.8 Å². The summed E-state index contributed by atoms with van der Waals surface area (Å²) in [5.74, 6) is 2.31. The van der Waals surface area contributed by atoms with Gasteiger partial charge in [-0.2, -0.15) is 0 Å². The predicted octanol–water partition coefficient (Wildman–Crippen LogP) is 0.852. The van der Waals surface area contributed by atoms with Gasteiger partial charge in [-0.05, 0) is 6.08 Å². The van der Waals surface area contributed by atoms with E-state index < -0.39 is 25.7 Å². The van der Waals surface area contributed by atoms with Gasteiger partial charge in [0.25, 0.3) is 0 Å². The van der Waals surface area contributed by atoms with Gasteiger partial charge in [0.15, 0.2) is 0 Å². The van der Waals surface area contributed by atoms with Crippen molar-refractivity contribution in [3.63, 3.8) is 0 Å². The van der Waals surface area contributed by atoms with E-state index in [4.69, 9.17) is 0 Å². The number of rotatable bonds is 1. The van der Waals surface area contributed by atoms with Crippen molar-refractivity contribution in [2.75, 3.05) is 7.11 Å². The number of aliphatic hydroxyl groups is 2. The summed E-state index contributed by atoms with van der Waals surface area (Å²) in [7, 11) is -0.331. The molecule has 0 aromatic carbocycles. The molecule has 2 atom stereocenters. The highest BCUT2D eigenvalue weighted by Crippen LogP contribution is 2.28. The lowest BCUT2D eigenvalue weighted by Gasteiger charge is -2.29. The molecule has 18 heavy (non-hydrogen) atoms. The molecular formula is C13H20O4Si. The first-order valence-corrected chi connectivity index (χ1v) is 9.39. The van der Waals surface area contributed by atoms with Gasteiger partial charge in [-0.3, -0.25) is 0 Å². The van der Waals surface area contributed by atoms with Crippen LogP contribution in [-0.2, 0) is 9.53 Å². The maximum Gasteiger partial charge on any atom is 0.333 e. The quantitative estimate of drug-likeness (QED) is 0.420. The van der Waals surface area contributed by atoms with Crippen molar-refractivity contribution in [3.8, 4) is 11.5 Å². The molecule has 0 unspecified atom stereocenters. The van der Waals surface area contributed by atoms with Crippen molar-refractivity contribution in [1.82, 2.24) is 0 Å². The van der Waals surface area contributed by atoms with E-state index in [1.54, 1.807) is 0 Å². The Kier molecular flexibility index (Phi) is 4.38. The van der Waals surface area contributed by atoms with Crippen LogP contribution in [0.4, 0.5) is 0 Å². The third-order valence-electron chi connectivity index (χ3n) is 2.54. The van der Waals surface area contributed by atoms with Crippen LogP contribution < -0.4 is 0 Å². The van der Waals surface area contributed by atoms with Crippen molar-refractivity contribution >= 4 is 14.0 Å². The van der Waals surface area contributed by atoms with Gasteiger partial charge in [-0.1, -0.05) is 25.6 Å². The number of aliphatic hydroxyl groups excluding tert-OH is 1. The van der Waals surface area contributed by atoms with Gasteiger partial charge in [0.1, 0.15) is 13.7 Å². The van der Waals surface area contributed by atoms with Gasteiger partial charge >= 0.3 is 5.97 Å². The second-order valence-corrected chi connectivity index (χ2v) is 10.4. The summed E-state index contributed by atoms with van der Waals surface area (Å²) in [6, 6.07) is 0. The van der Waals surface area contributed by atoms with Gasteiger partial charge in [-0.25, -0.2) is 4.79 Å². The second-order valence-electron chi connectivity index (χ2n) is 5.66. The number of methoxy groups -OCH3 is 1. The van der Waals surface area contributed by atoms with E-state index in [1.165, 1.54) is 13.2 Å². The summed E-state index contributed by atoms with van der Waals surface area (Å²) in [5, 5.41) is 20.0. The van der Waals surface area contributed by atoms with Crippen molar-refractivity contribution in [2.45, 2.75) is 44.2 Å². The average Bonchev–Trinajstić information content (AvgIpc) is 2.23. The molecule has 2 N–H and O–H groups in total. The number of carbonyl (C=O) groups excluding carboxylic acids is 1. The van der Waals surface area contributed by atoms with Crippen LogP contribution in [0.2, 0.25) is 19.6 Å². The molecular weight excluding hydrogens is 248 g/mol. The zero-order valence-corrected chi connectivity index (χ0v) is 12.3. The Hall–Kier alpha value is -1.09. The van der Waals surface area contributed by atoms with Gasteiger partial charge in [0, 0.05) is 18.4 Å². The molecule has 0 saturated heterocycles. The molecule has 0 spiro atoms. The molecule has 0 saturated carbocycles. The first-order chi connectivity index (χ1) is 8.15. The highest BCUT2D eigenvalue weighted by Gasteiger charge is 2.35. The van der Waals surface area contributed by atoms with Crippen LogP contribution in [0, 0.1) is 11.5 Å². The van der Waals surface area contributed by atoms with Crippen molar-refractivity contribution in [1.29, 1.82) is 0 Å². The maximum atomic E-state index is 11.4.